The van der Waals surface area contributed by atoms with Crippen LogP contribution in [0.5, 0.6) is 0 Å². The highest BCUT2D eigenvalue weighted by Gasteiger charge is 2.28. The third kappa shape index (κ3) is 3.62. The van der Waals surface area contributed by atoms with Crippen molar-refractivity contribution in [3.63, 3.8) is 0 Å². The number of hydrogen-bond donors (Lipinski definition) is 1. The molecule has 0 aliphatic heterocycles. The van der Waals surface area contributed by atoms with Gasteiger partial charge in [-0.1, -0.05) is 12.1 Å². The molecule has 1 aliphatic carbocycles. The Hall–Kier alpha value is -1.42. The van der Waals surface area contributed by atoms with Crippen LogP contribution in [0.25, 0.3) is 0 Å². The summed E-state index contributed by atoms with van der Waals surface area (Å²) >= 11 is 0. The summed E-state index contributed by atoms with van der Waals surface area (Å²) in [5, 5.41) is 9.06. The fourth-order valence-corrected chi connectivity index (χ4v) is 1.59. The number of carbonyl (C=O) groups excluding carboxylic acids is 1. The molecule has 0 radical (unpaired) electrons. The molecule has 0 aromatic heterocycles. The van der Waals surface area contributed by atoms with Crippen molar-refractivity contribution in [2.24, 2.45) is 0 Å². The molecule has 0 amide bonds. The van der Waals surface area contributed by atoms with Crippen LogP contribution in [0.4, 0.5) is 4.39 Å². The zero-order valence-electron chi connectivity index (χ0n) is 9.10. The Morgan fingerprint density at radius 3 is 2.25 bits per heavy atom. The monoisotopic (exact) mass is 226 g/mol. The first-order valence-corrected chi connectivity index (χ1v) is 5.07. The molecule has 1 aromatic rings. The number of methoxy groups -OCH3 is 1. The number of carbonyl (C=O) groups is 1. The second kappa shape index (κ2) is 6.23. The Balaban J connectivity index is 0.000000280. The fraction of sp³-hybridized carbons (Fsp3) is 0.417. The van der Waals surface area contributed by atoms with E-state index in [0.29, 0.717) is 12.4 Å². The average Bonchev–Trinajstić information content (AvgIpc) is 2.27. The summed E-state index contributed by atoms with van der Waals surface area (Å²) in [5.74, 6) is 0.249. The standard InChI is InChI=1S/C10H11FO.C2H4O2/c11-9-3-1-7(2-4-9)8-5-10(12)6-8;1-4-2-3/h1-4,8,10,12H,5-6H2;2H,1H3/t8-,10-;. The molecule has 0 bridgehead atoms. The number of benzene rings is 1. The van der Waals surface area contributed by atoms with E-state index in [2.05, 4.69) is 4.74 Å². The molecule has 1 saturated carbocycles. The summed E-state index contributed by atoms with van der Waals surface area (Å²) in [6, 6.07) is 6.54. The van der Waals surface area contributed by atoms with Gasteiger partial charge in [-0.25, -0.2) is 4.39 Å². The van der Waals surface area contributed by atoms with Crippen LogP contribution in [0.1, 0.15) is 24.3 Å². The summed E-state index contributed by atoms with van der Waals surface area (Å²) in [6.07, 6.45) is 1.51. The van der Waals surface area contributed by atoms with E-state index in [4.69, 9.17) is 9.90 Å². The van der Waals surface area contributed by atoms with Crippen LogP contribution in [0.2, 0.25) is 0 Å². The third-order valence-electron chi connectivity index (χ3n) is 2.55. The van der Waals surface area contributed by atoms with Crippen molar-refractivity contribution < 1.29 is 19.0 Å². The number of halogens is 1. The van der Waals surface area contributed by atoms with Crippen molar-refractivity contribution >= 4 is 6.47 Å². The summed E-state index contributed by atoms with van der Waals surface area (Å²) in [4.78, 5) is 8.95. The number of ether oxygens (including phenoxy) is 1. The van der Waals surface area contributed by atoms with Gasteiger partial charge in [-0.05, 0) is 36.5 Å². The van der Waals surface area contributed by atoms with Crippen LogP contribution in [0.15, 0.2) is 24.3 Å². The largest absolute Gasteiger partial charge is 0.471 e. The van der Waals surface area contributed by atoms with Crippen molar-refractivity contribution in [3.8, 4) is 0 Å². The SMILES string of the molecule is COC=O.O[C@H]1C[C@H](c2ccc(F)cc2)C1. The summed E-state index contributed by atoms with van der Waals surface area (Å²) in [7, 11) is 1.31. The Morgan fingerprint density at radius 1 is 1.38 bits per heavy atom. The lowest BCUT2D eigenvalue weighted by Crippen LogP contribution is -2.26. The summed E-state index contributed by atoms with van der Waals surface area (Å²) in [6.45, 7) is 0.375. The molecule has 3 nitrogen and oxygen atoms in total. The van der Waals surface area contributed by atoms with E-state index in [1.807, 2.05) is 0 Å². The van der Waals surface area contributed by atoms with E-state index in [1.54, 1.807) is 12.1 Å². The predicted octanol–water partition coefficient (Wildman–Crippen LogP) is 1.85. The second-order valence-electron chi connectivity index (χ2n) is 3.71. The normalized spacial score (nSPS) is 22.4. The van der Waals surface area contributed by atoms with Gasteiger partial charge in [-0.3, -0.25) is 4.79 Å². The molecule has 1 aromatic carbocycles. The number of aliphatic hydroxyl groups excluding tert-OH is 1. The minimum Gasteiger partial charge on any atom is -0.471 e. The molecule has 0 spiro atoms. The first kappa shape index (κ1) is 12.6. The van der Waals surface area contributed by atoms with E-state index in [9.17, 15) is 4.39 Å². The number of aliphatic hydroxyl groups is 1. The molecular weight excluding hydrogens is 211 g/mol. The van der Waals surface area contributed by atoms with Crippen LogP contribution < -0.4 is 0 Å². The topological polar surface area (TPSA) is 46.5 Å². The zero-order chi connectivity index (χ0) is 12.0. The third-order valence-corrected chi connectivity index (χ3v) is 2.55. The van der Waals surface area contributed by atoms with Crippen LogP contribution >= 0.6 is 0 Å². The lowest BCUT2D eigenvalue weighted by atomic mass is 9.78. The molecule has 1 fully saturated rings. The van der Waals surface area contributed by atoms with Crippen LogP contribution in [-0.2, 0) is 9.53 Å². The molecule has 1 aliphatic rings. The molecule has 88 valence electrons. The van der Waals surface area contributed by atoms with Crippen molar-refractivity contribution in [1.29, 1.82) is 0 Å². The molecule has 16 heavy (non-hydrogen) atoms. The maximum absolute atomic E-state index is 12.5. The van der Waals surface area contributed by atoms with Gasteiger partial charge in [0.15, 0.2) is 0 Å². The van der Waals surface area contributed by atoms with Crippen molar-refractivity contribution in [2.75, 3.05) is 7.11 Å². The second-order valence-corrected chi connectivity index (χ2v) is 3.71. The molecule has 0 atom stereocenters. The van der Waals surface area contributed by atoms with Gasteiger partial charge in [0.05, 0.1) is 13.2 Å². The van der Waals surface area contributed by atoms with Gasteiger partial charge in [0.25, 0.3) is 6.47 Å². The number of hydrogen-bond acceptors (Lipinski definition) is 3. The Bertz CT molecular complexity index is 318. The molecular formula is C12H15FO3. The lowest BCUT2D eigenvalue weighted by molar-refractivity contribution is -0.126. The van der Waals surface area contributed by atoms with Crippen molar-refractivity contribution in [3.05, 3.63) is 35.6 Å². The minimum atomic E-state index is -0.196. The maximum atomic E-state index is 12.5. The highest BCUT2D eigenvalue weighted by molar-refractivity contribution is 5.36. The van der Waals surface area contributed by atoms with E-state index in [0.717, 1.165) is 18.4 Å². The first-order valence-electron chi connectivity index (χ1n) is 5.07. The Labute approximate surface area is 93.9 Å². The zero-order valence-corrected chi connectivity index (χ0v) is 9.10. The van der Waals surface area contributed by atoms with E-state index >= 15 is 0 Å². The first-order chi connectivity index (χ1) is 7.67. The lowest BCUT2D eigenvalue weighted by Gasteiger charge is -2.31. The van der Waals surface area contributed by atoms with Gasteiger partial charge in [0.2, 0.25) is 0 Å². The smallest absolute Gasteiger partial charge is 0.292 e. The Kier molecular flexibility index (Phi) is 4.92. The molecule has 0 heterocycles. The molecule has 1 N–H and O–H groups in total. The highest BCUT2D eigenvalue weighted by Crippen LogP contribution is 2.36. The van der Waals surface area contributed by atoms with Crippen molar-refractivity contribution in [2.45, 2.75) is 24.9 Å². The molecule has 2 rings (SSSR count). The van der Waals surface area contributed by atoms with Gasteiger partial charge >= 0.3 is 0 Å². The van der Waals surface area contributed by atoms with Gasteiger partial charge in [-0.2, -0.15) is 0 Å². The van der Waals surface area contributed by atoms with Crippen LogP contribution in [0.3, 0.4) is 0 Å². The van der Waals surface area contributed by atoms with Gasteiger partial charge in [0, 0.05) is 0 Å². The van der Waals surface area contributed by atoms with E-state index in [1.165, 1.54) is 19.2 Å². The summed E-state index contributed by atoms with van der Waals surface area (Å²) < 4.78 is 16.4. The number of rotatable bonds is 2. The molecule has 0 unspecified atom stereocenters. The van der Waals surface area contributed by atoms with Crippen molar-refractivity contribution in [1.82, 2.24) is 0 Å². The highest BCUT2D eigenvalue weighted by atomic mass is 19.1. The van der Waals surface area contributed by atoms with Crippen LogP contribution in [0, 0.1) is 5.82 Å². The van der Waals surface area contributed by atoms with Gasteiger partial charge in [0.1, 0.15) is 5.82 Å². The minimum absolute atomic E-state index is 0.139. The molecule has 4 heteroatoms. The molecule has 0 saturated heterocycles. The average molecular weight is 226 g/mol. The quantitative estimate of drug-likeness (QED) is 0.783. The maximum Gasteiger partial charge on any atom is 0.292 e. The van der Waals surface area contributed by atoms with E-state index in [-0.39, 0.29) is 11.9 Å². The predicted molar refractivity (Wildman–Crippen MR) is 57.5 cm³/mol. The van der Waals surface area contributed by atoms with Gasteiger partial charge in [-0.15, -0.1) is 0 Å². The van der Waals surface area contributed by atoms with Gasteiger partial charge < -0.3 is 9.84 Å². The van der Waals surface area contributed by atoms with Crippen LogP contribution in [-0.4, -0.2) is 24.8 Å². The van der Waals surface area contributed by atoms with E-state index < -0.39 is 0 Å². The summed E-state index contributed by atoms with van der Waals surface area (Å²) in [5.41, 5.74) is 1.14. The Morgan fingerprint density at radius 2 is 1.88 bits per heavy atom. The fourth-order valence-electron chi connectivity index (χ4n) is 1.59.